The van der Waals surface area contributed by atoms with Gasteiger partial charge in [0.2, 0.25) is 29.5 Å². The highest BCUT2D eigenvalue weighted by molar-refractivity contribution is 7.09. The van der Waals surface area contributed by atoms with Crippen LogP contribution in [0, 0.1) is 23.7 Å². The molecule has 30 heteroatoms. The number of nitrogens with two attached hydrogens (primary N) is 2. The Hall–Kier alpha value is -7.74. The Morgan fingerprint density at radius 2 is 1.38 bits per heavy atom. The van der Waals surface area contributed by atoms with E-state index in [4.69, 9.17) is 44.9 Å². The van der Waals surface area contributed by atoms with Crippen LogP contribution in [0.3, 0.4) is 0 Å². The number of likely N-dealkylation sites (tertiary alicyclic amines) is 1. The third kappa shape index (κ3) is 31.1. The SMILES string of the molecule is CCCO[C@H](C[C@H](C(C)C)N(CCC)C(=O)[C@@H](NC(=O)[C@H]1CCCCN1C)[C@@H](C)CC)c1nc(C(=O)NC(Cc2ccc(O)cc2)C[C@H](C)C(=O)NNC(=O)OCCOCCOCCOCCNC(=O)OCc2ccc(NC(=O)[C@H](CCCNC(N)=O)NC(=O)[C@@H](N)C(C)C)cc2)cs1. The molecule has 4 rings (SSSR count). The molecule has 2 aromatic carbocycles. The van der Waals surface area contributed by atoms with Crippen LogP contribution in [-0.2, 0) is 65.4 Å². The molecule has 0 bridgehead atoms. The molecule has 1 fully saturated rings. The quantitative estimate of drug-likeness (QED) is 0.0230. The van der Waals surface area contributed by atoms with E-state index in [0.717, 1.165) is 37.8 Å². The first kappa shape index (κ1) is 83.7. The number of nitrogens with one attached hydrogen (secondary N) is 8. The smallest absolute Gasteiger partial charge is 0.426 e. The van der Waals surface area contributed by atoms with Crippen LogP contribution in [0.15, 0.2) is 53.9 Å². The number of phenols is 1. The normalized spacial score (nSPS) is 15.6. The van der Waals surface area contributed by atoms with Gasteiger partial charge in [0.1, 0.15) is 47.9 Å². The number of piperidine rings is 1. The summed E-state index contributed by atoms with van der Waals surface area (Å²) in [5.74, 6) is -3.13. The number of hydrogen-bond donors (Lipinski definition) is 11. The molecule has 1 saturated heterocycles. The Bertz CT molecular complexity index is 2940. The number of aromatic nitrogens is 1. The zero-order valence-electron chi connectivity index (χ0n) is 59.5. The molecule has 1 aliphatic rings. The molecule has 2 heterocycles. The zero-order chi connectivity index (χ0) is 72.8. The maximum absolute atomic E-state index is 14.8. The van der Waals surface area contributed by atoms with E-state index in [1.807, 2.05) is 39.6 Å². The number of benzene rings is 2. The summed E-state index contributed by atoms with van der Waals surface area (Å²) < 4.78 is 33.4. The van der Waals surface area contributed by atoms with Crippen LogP contribution in [0.5, 0.6) is 5.75 Å². The Morgan fingerprint density at radius 1 is 0.717 bits per heavy atom. The van der Waals surface area contributed by atoms with Gasteiger partial charge in [-0.25, -0.2) is 24.8 Å². The summed E-state index contributed by atoms with van der Waals surface area (Å²) in [5.41, 5.74) is 17.8. The molecule has 1 unspecified atom stereocenters. The Labute approximate surface area is 587 Å². The number of thiazole rings is 1. The first-order valence-corrected chi connectivity index (χ1v) is 35.6. The molecular formula is C69H111N13O16S. The van der Waals surface area contributed by atoms with E-state index in [2.05, 4.69) is 61.5 Å². The molecule has 99 heavy (non-hydrogen) atoms. The van der Waals surface area contributed by atoms with Crippen molar-refractivity contribution in [2.24, 2.45) is 35.1 Å². The van der Waals surface area contributed by atoms with Crippen molar-refractivity contribution in [2.45, 2.75) is 182 Å². The van der Waals surface area contributed by atoms with Crippen molar-refractivity contribution in [3.05, 3.63) is 75.7 Å². The van der Waals surface area contributed by atoms with Gasteiger partial charge >= 0.3 is 18.2 Å². The Kier molecular flexibility index (Phi) is 38.7. The van der Waals surface area contributed by atoms with Crippen LogP contribution >= 0.6 is 11.3 Å². The number of aromatic hydroxyl groups is 1. The summed E-state index contributed by atoms with van der Waals surface area (Å²) in [6.07, 6.45) is 4.16. The summed E-state index contributed by atoms with van der Waals surface area (Å²) in [7, 11) is 1.96. The number of amides is 10. The number of nitrogens with zero attached hydrogens (tertiary/aromatic N) is 3. The Balaban J connectivity index is 1.16. The molecular weight excluding hydrogens is 1300 g/mol. The minimum atomic E-state index is -0.925. The molecule has 554 valence electrons. The van der Waals surface area contributed by atoms with Crippen molar-refractivity contribution in [1.29, 1.82) is 0 Å². The molecule has 10 amide bonds. The van der Waals surface area contributed by atoms with Gasteiger partial charge < -0.3 is 81.8 Å². The lowest BCUT2D eigenvalue weighted by Crippen LogP contribution is -2.58. The van der Waals surface area contributed by atoms with E-state index in [0.29, 0.717) is 61.5 Å². The number of alkyl carbamates (subject to hydrolysis) is 1. The van der Waals surface area contributed by atoms with E-state index in [1.165, 1.54) is 23.5 Å². The average molecular weight is 1410 g/mol. The number of hydrazine groups is 1. The summed E-state index contributed by atoms with van der Waals surface area (Å²) >= 11 is 1.29. The number of anilines is 1. The summed E-state index contributed by atoms with van der Waals surface area (Å²) in [4.78, 5) is 127. The number of rotatable bonds is 45. The first-order valence-electron chi connectivity index (χ1n) is 34.7. The van der Waals surface area contributed by atoms with Gasteiger partial charge in [0, 0.05) is 61.7 Å². The topological polar surface area (TPSA) is 397 Å². The number of urea groups is 1. The van der Waals surface area contributed by atoms with Crippen molar-refractivity contribution >= 4 is 70.7 Å². The van der Waals surface area contributed by atoms with Crippen LogP contribution in [-0.4, -0.2) is 196 Å². The zero-order valence-corrected chi connectivity index (χ0v) is 60.3. The highest BCUT2D eigenvalue weighted by Crippen LogP contribution is 2.32. The number of likely N-dealkylation sites (N-methyl/N-ethyl adjacent to an activating group) is 1. The number of hydrogen-bond acceptors (Lipinski definition) is 20. The van der Waals surface area contributed by atoms with Crippen LogP contribution in [0.2, 0.25) is 0 Å². The molecule has 1 aliphatic heterocycles. The fourth-order valence-corrected chi connectivity index (χ4v) is 11.7. The summed E-state index contributed by atoms with van der Waals surface area (Å²) in [6, 6.07) is 8.80. The van der Waals surface area contributed by atoms with Gasteiger partial charge in [-0.3, -0.25) is 39.1 Å². The maximum Gasteiger partial charge on any atom is 0.426 e. The van der Waals surface area contributed by atoms with Gasteiger partial charge in [-0.15, -0.1) is 11.3 Å². The molecule has 9 atom stereocenters. The van der Waals surface area contributed by atoms with Gasteiger partial charge in [0.25, 0.3) is 5.91 Å². The monoisotopic (exact) mass is 1410 g/mol. The van der Waals surface area contributed by atoms with Gasteiger partial charge in [0.05, 0.1) is 51.7 Å². The number of carbonyl (C=O) groups excluding carboxylic acids is 9. The van der Waals surface area contributed by atoms with E-state index in [1.54, 1.807) is 62.5 Å². The Morgan fingerprint density at radius 3 is 2.01 bits per heavy atom. The fourth-order valence-electron chi connectivity index (χ4n) is 10.8. The number of primary amides is 1. The van der Waals surface area contributed by atoms with Crippen molar-refractivity contribution in [3.8, 4) is 5.75 Å². The molecule has 1 aromatic heterocycles. The lowest BCUT2D eigenvalue weighted by Gasteiger charge is -2.40. The third-order valence-electron chi connectivity index (χ3n) is 16.8. The maximum atomic E-state index is 14.8. The fraction of sp³-hybridized carbons (Fsp3) is 0.652. The van der Waals surface area contributed by atoms with Gasteiger partial charge in [-0.05, 0) is 118 Å². The highest BCUT2D eigenvalue weighted by Gasteiger charge is 2.39. The predicted molar refractivity (Wildman–Crippen MR) is 375 cm³/mol. The molecule has 0 aliphatic carbocycles. The van der Waals surface area contributed by atoms with Crippen LogP contribution in [0.4, 0.5) is 20.1 Å². The van der Waals surface area contributed by atoms with E-state index >= 15 is 0 Å². The van der Waals surface area contributed by atoms with Gasteiger partial charge in [-0.1, -0.05) is 99.4 Å². The predicted octanol–water partition coefficient (Wildman–Crippen LogP) is 5.94. The van der Waals surface area contributed by atoms with Crippen LogP contribution in [0.1, 0.15) is 159 Å². The van der Waals surface area contributed by atoms with E-state index in [-0.39, 0.29) is 132 Å². The molecule has 13 N–H and O–H groups in total. The van der Waals surface area contributed by atoms with E-state index in [9.17, 15) is 48.3 Å². The van der Waals surface area contributed by atoms with Gasteiger partial charge in [0.15, 0.2) is 0 Å². The average Bonchev–Trinajstić information content (AvgIpc) is 1.69. The molecule has 3 aromatic rings. The molecule has 29 nitrogen and oxygen atoms in total. The van der Waals surface area contributed by atoms with Gasteiger partial charge in [-0.2, -0.15) is 0 Å². The van der Waals surface area contributed by atoms with Crippen LogP contribution in [0.25, 0.3) is 0 Å². The van der Waals surface area contributed by atoms with E-state index < -0.39 is 78.0 Å². The molecule has 0 radical (unpaired) electrons. The lowest BCUT2D eigenvalue weighted by molar-refractivity contribution is -0.143. The first-order chi connectivity index (χ1) is 47.3. The standard InChI is InChI=1S/C69H111N13O16S/c1-11-29-82(66(89)59(46(8)13-3)78-63(87)55-18-14-15-30-81(55)10)56(44(4)5)41-57(96-31-12-2)65-77-54(43-99-65)62(86)75-51(40-48-21-25-52(83)26-22-48)39-47(9)60(84)79-80-69(92)97-38-37-95-36-35-94-34-33-93-32-28-73-68(91)98-42-49-19-23-50(24-20-49)74-61(85)53(17-16-27-72-67(71)90)76-64(88)58(70)45(6)7/h19-26,43-47,51,53,55-59,83H,11-18,27-42,70H2,1-10H3,(H,73,91)(H,74,85)(H,75,86)(H,76,88)(H,78,87)(H,79,84)(H,80,92)(H3,71,72,90)/t46-,47-,51?,53-,55+,56+,57+,58-,59-/m0/s1. The van der Waals surface area contributed by atoms with Crippen molar-refractivity contribution < 1.29 is 76.7 Å². The number of carbonyl (C=O) groups is 9. The minimum absolute atomic E-state index is 0.000422. The molecule has 0 saturated carbocycles. The number of phenolic OH excluding ortho intramolecular Hbond substituents is 1. The lowest BCUT2D eigenvalue weighted by atomic mass is 9.92. The largest absolute Gasteiger partial charge is 0.508 e. The third-order valence-corrected chi connectivity index (χ3v) is 17.8. The number of ether oxygens (including phenoxy) is 6. The summed E-state index contributed by atoms with van der Waals surface area (Å²) in [6.45, 7) is 20.6. The van der Waals surface area contributed by atoms with Crippen LogP contribution < -0.4 is 54.2 Å². The highest BCUT2D eigenvalue weighted by atomic mass is 32.1. The second-order valence-corrected chi connectivity index (χ2v) is 26.5. The molecule has 0 spiro atoms. The second kappa shape index (κ2) is 45.8. The van der Waals surface area contributed by atoms with Crippen molar-refractivity contribution in [1.82, 2.24) is 52.2 Å². The second-order valence-electron chi connectivity index (χ2n) is 25.6. The van der Waals surface area contributed by atoms with Crippen molar-refractivity contribution in [3.63, 3.8) is 0 Å². The van der Waals surface area contributed by atoms with Crippen molar-refractivity contribution in [2.75, 3.05) is 91.4 Å². The summed E-state index contributed by atoms with van der Waals surface area (Å²) in [5, 5.41) is 29.0. The minimum Gasteiger partial charge on any atom is -0.508 e.